The molecule has 2 aromatic carbocycles. The van der Waals surface area contributed by atoms with Crippen molar-refractivity contribution in [3.63, 3.8) is 0 Å². The van der Waals surface area contributed by atoms with Crippen LogP contribution in [0, 0.1) is 0 Å². The number of hydrogen-bond acceptors (Lipinski definition) is 4. The molecule has 0 aliphatic heterocycles. The average Bonchev–Trinajstić information content (AvgIpc) is 2.63. The van der Waals surface area contributed by atoms with Crippen molar-refractivity contribution in [1.82, 2.24) is 9.97 Å². The van der Waals surface area contributed by atoms with Crippen LogP contribution in [0.2, 0.25) is 10.0 Å². The standard InChI is InChI=1S/C18H14Cl2N4O/c19-14-5-7-15(8-6-14)24-17(25)13-10-22-18(23-11-13)21-9-12-3-1-2-4-16(12)20/h1-8,10-11H,9H2,(H,24,25)(H,21,22,23). The van der Waals surface area contributed by atoms with Crippen molar-refractivity contribution in [3.05, 3.63) is 82.1 Å². The molecule has 0 saturated carbocycles. The zero-order valence-corrected chi connectivity index (χ0v) is 14.6. The van der Waals surface area contributed by atoms with Crippen molar-refractivity contribution in [2.45, 2.75) is 6.54 Å². The lowest BCUT2D eigenvalue weighted by Gasteiger charge is -2.08. The summed E-state index contributed by atoms with van der Waals surface area (Å²) in [6.45, 7) is 0.496. The van der Waals surface area contributed by atoms with E-state index in [-0.39, 0.29) is 5.91 Å². The Morgan fingerprint density at radius 2 is 1.64 bits per heavy atom. The summed E-state index contributed by atoms with van der Waals surface area (Å²) in [5.74, 6) is 0.128. The maximum atomic E-state index is 12.2. The van der Waals surface area contributed by atoms with Crippen LogP contribution in [0.25, 0.3) is 0 Å². The minimum atomic E-state index is -0.292. The SMILES string of the molecule is O=C(Nc1ccc(Cl)cc1)c1cnc(NCc2ccccc2Cl)nc1. The summed E-state index contributed by atoms with van der Waals surface area (Å²) in [5.41, 5.74) is 1.95. The Bertz CT molecular complexity index is 867. The minimum Gasteiger partial charge on any atom is -0.350 e. The Kier molecular flexibility index (Phi) is 5.48. The van der Waals surface area contributed by atoms with Crippen LogP contribution in [0.3, 0.4) is 0 Å². The van der Waals surface area contributed by atoms with Crippen LogP contribution in [-0.4, -0.2) is 15.9 Å². The van der Waals surface area contributed by atoms with Crippen molar-refractivity contribution in [1.29, 1.82) is 0 Å². The molecule has 2 N–H and O–H groups in total. The molecule has 7 heteroatoms. The fourth-order valence-electron chi connectivity index (χ4n) is 2.09. The number of anilines is 2. The number of rotatable bonds is 5. The van der Waals surface area contributed by atoms with E-state index in [2.05, 4.69) is 20.6 Å². The third-order valence-corrected chi connectivity index (χ3v) is 4.03. The van der Waals surface area contributed by atoms with E-state index in [1.807, 2.05) is 24.3 Å². The van der Waals surface area contributed by atoms with E-state index in [0.717, 1.165) is 5.56 Å². The molecule has 1 amide bonds. The number of amides is 1. The molecule has 0 spiro atoms. The Morgan fingerprint density at radius 3 is 2.32 bits per heavy atom. The first-order valence-electron chi connectivity index (χ1n) is 7.48. The van der Waals surface area contributed by atoms with Crippen molar-refractivity contribution >= 4 is 40.7 Å². The summed E-state index contributed by atoms with van der Waals surface area (Å²) in [4.78, 5) is 20.5. The molecule has 3 rings (SSSR count). The van der Waals surface area contributed by atoms with E-state index >= 15 is 0 Å². The monoisotopic (exact) mass is 372 g/mol. The fraction of sp³-hybridized carbons (Fsp3) is 0.0556. The van der Waals surface area contributed by atoms with Gasteiger partial charge < -0.3 is 10.6 Å². The molecule has 0 radical (unpaired) electrons. The van der Waals surface area contributed by atoms with Crippen molar-refractivity contribution in [2.24, 2.45) is 0 Å². The second kappa shape index (κ2) is 7.96. The number of halogens is 2. The van der Waals surface area contributed by atoms with Crippen LogP contribution in [0.1, 0.15) is 15.9 Å². The minimum absolute atomic E-state index is 0.292. The Hall–Kier alpha value is -2.63. The van der Waals surface area contributed by atoms with Gasteiger partial charge in [-0.1, -0.05) is 41.4 Å². The van der Waals surface area contributed by atoms with Crippen LogP contribution < -0.4 is 10.6 Å². The zero-order chi connectivity index (χ0) is 17.6. The van der Waals surface area contributed by atoms with E-state index in [1.54, 1.807) is 24.3 Å². The van der Waals surface area contributed by atoms with Gasteiger partial charge in [-0.3, -0.25) is 4.79 Å². The molecule has 5 nitrogen and oxygen atoms in total. The third kappa shape index (κ3) is 4.68. The lowest BCUT2D eigenvalue weighted by molar-refractivity contribution is 0.102. The van der Waals surface area contributed by atoms with Crippen LogP contribution in [0.15, 0.2) is 60.9 Å². The van der Waals surface area contributed by atoms with Gasteiger partial charge in [-0.15, -0.1) is 0 Å². The van der Waals surface area contributed by atoms with Gasteiger partial charge >= 0.3 is 0 Å². The Labute approximate surface area is 155 Å². The van der Waals surface area contributed by atoms with Gasteiger partial charge in [-0.2, -0.15) is 0 Å². The Morgan fingerprint density at radius 1 is 0.960 bits per heavy atom. The van der Waals surface area contributed by atoms with Gasteiger partial charge in [-0.25, -0.2) is 9.97 Å². The first-order valence-corrected chi connectivity index (χ1v) is 8.23. The van der Waals surface area contributed by atoms with Gasteiger partial charge in [0.2, 0.25) is 5.95 Å². The van der Waals surface area contributed by atoms with Crippen molar-refractivity contribution in [2.75, 3.05) is 10.6 Å². The highest BCUT2D eigenvalue weighted by Gasteiger charge is 2.08. The highest BCUT2D eigenvalue weighted by molar-refractivity contribution is 6.31. The van der Waals surface area contributed by atoms with Gasteiger partial charge in [0.15, 0.2) is 0 Å². The summed E-state index contributed by atoms with van der Waals surface area (Å²) in [7, 11) is 0. The van der Waals surface area contributed by atoms with Crippen LogP contribution in [0.4, 0.5) is 11.6 Å². The third-order valence-electron chi connectivity index (χ3n) is 3.41. The van der Waals surface area contributed by atoms with Crippen LogP contribution in [0.5, 0.6) is 0 Å². The quantitative estimate of drug-likeness (QED) is 0.683. The zero-order valence-electron chi connectivity index (χ0n) is 13.0. The van der Waals surface area contributed by atoms with Gasteiger partial charge in [0.25, 0.3) is 5.91 Å². The highest BCUT2D eigenvalue weighted by atomic mass is 35.5. The number of aromatic nitrogens is 2. The number of carbonyl (C=O) groups is 1. The molecule has 0 aliphatic carbocycles. The molecule has 1 aromatic heterocycles. The molecular weight excluding hydrogens is 359 g/mol. The summed E-state index contributed by atoms with van der Waals surface area (Å²) in [6, 6.07) is 14.4. The molecule has 126 valence electrons. The predicted octanol–water partition coefficient (Wildman–Crippen LogP) is 4.65. The van der Waals surface area contributed by atoms with Gasteiger partial charge in [-0.05, 0) is 35.9 Å². The normalized spacial score (nSPS) is 10.3. The molecule has 0 atom stereocenters. The molecular formula is C18H14Cl2N4O. The molecule has 0 saturated heterocycles. The van der Waals surface area contributed by atoms with E-state index in [9.17, 15) is 4.79 Å². The lowest BCUT2D eigenvalue weighted by atomic mass is 10.2. The van der Waals surface area contributed by atoms with Crippen molar-refractivity contribution in [3.8, 4) is 0 Å². The smallest absolute Gasteiger partial charge is 0.258 e. The number of hydrogen-bond donors (Lipinski definition) is 2. The van der Waals surface area contributed by atoms with Gasteiger partial charge in [0.1, 0.15) is 0 Å². The molecule has 3 aromatic rings. The van der Waals surface area contributed by atoms with Crippen LogP contribution >= 0.6 is 23.2 Å². The van der Waals surface area contributed by atoms with E-state index < -0.39 is 0 Å². The van der Waals surface area contributed by atoms with Crippen LogP contribution in [-0.2, 0) is 6.54 Å². The summed E-state index contributed by atoms with van der Waals surface area (Å²) in [5, 5.41) is 7.11. The second-order valence-corrected chi connectivity index (χ2v) is 6.04. The maximum absolute atomic E-state index is 12.2. The van der Waals surface area contributed by atoms with E-state index in [4.69, 9.17) is 23.2 Å². The molecule has 0 unspecified atom stereocenters. The van der Waals surface area contributed by atoms with Crippen molar-refractivity contribution < 1.29 is 4.79 Å². The first kappa shape index (κ1) is 17.2. The molecule has 25 heavy (non-hydrogen) atoms. The number of carbonyl (C=O) groups excluding carboxylic acids is 1. The van der Waals surface area contributed by atoms with E-state index in [1.165, 1.54) is 12.4 Å². The lowest BCUT2D eigenvalue weighted by Crippen LogP contribution is -2.13. The molecule has 0 bridgehead atoms. The van der Waals surface area contributed by atoms with E-state index in [0.29, 0.717) is 33.8 Å². The molecule has 1 heterocycles. The largest absolute Gasteiger partial charge is 0.350 e. The molecule has 0 fully saturated rings. The number of nitrogens with zero attached hydrogens (tertiary/aromatic N) is 2. The highest BCUT2D eigenvalue weighted by Crippen LogP contribution is 2.16. The molecule has 0 aliphatic rings. The number of nitrogens with one attached hydrogen (secondary N) is 2. The average molecular weight is 373 g/mol. The fourth-order valence-corrected chi connectivity index (χ4v) is 2.42. The van der Waals surface area contributed by atoms with Gasteiger partial charge in [0, 0.05) is 34.7 Å². The topological polar surface area (TPSA) is 66.9 Å². The second-order valence-electron chi connectivity index (χ2n) is 5.20. The first-order chi connectivity index (χ1) is 12.1. The maximum Gasteiger partial charge on any atom is 0.258 e. The summed E-state index contributed by atoms with van der Waals surface area (Å²) < 4.78 is 0. The van der Waals surface area contributed by atoms with Gasteiger partial charge in [0.05, 0.1) is 5.56 Å². The summed E-state index contributed by atoms with van der Waals surface area (Å²) in [6.07, 6.45) is 2.93. The number of benzene rings is 2. The predicted molar refractivity (Wildman–Crippen MR) is 100 cm³/mol. The summed E-state index contributed by atoms with van der Waals surface area (Å²) >= 11 is 11.9. The Balaban J connectivity index is 1.60.